The number of halogens is 2. The zero-order chi connectivity index (χ0) is 20.6. The molecule has 0 amide bonds. The molecule has 0 saturated carbocycles. The zero-order valence-corrected chi connectivity index (χ0v) is 16.4. The third-order valence-corrected chi connectivity index (χ3v) is 6.57. The summed E-state index contributed by atoms with van der Waals surface area (Å²) in [4.78, 5) is 14.6. The molecule has 8 nitrogen and oxygen atoms in total. The molecule has 4 rings (SSSR count). The van der Waals surface area contributed by atoms with Crippen LogP contribution in [0.5, 0.6) is 0 Å². The Labute approximate surface area is 166 Å². The summed E-state index contributed by atoms with van der Waals surface area (Å²) in [6, 6.07) is 4.42. The second-order valence-electron chi connectivity index (χ2n) is 6.57. The molecule has 1 aliphatic rings. The van der Waals surface area contributed by atoms with Crippen LogP contribution < -0.4 is 4.90 Å². The Morgan fingerprint density at radius 1 is 0.966 bits per heavy atom. The van der Waals surface area contributed by atoms with Gasteiger partial charge in [-0.15, -0.1) is 0 Å². The lowest BCUT2D eigenvalue weighted by Gasteiger charge is -2.34. The van der Waals surface area contributed by atoms with Crippen LogP contribution >= 0.6 is 0 Å². The van der Waals surface area contributed by atoms with Crippen LogP contribution in [0.15, 0.2) is 47.9 Å². The number of aryl methyl sites for hydroxylation is 1. The lowest BCUT2D eigenvalue weighted by atomic mass is 10.3. The second-order valence-corrected chi connectivity index (χ2v) is 8.51. The molecule has 0 spiro atoms. The minimum atomic E-state index is -3.90. The first-order chi connectivity index (χ1) is 13.8. The molecule has 1 aromatic carbocycles. The summed E-state index contributed by atoms with van der Waals surface area (Å²) in [5.74, 6) is -0.328. The van der Waals surface area contributed by atoms with Crippen LogP contribution in [0, 0.1) is 18.6 Å². The molecule has 2 aromatic heterocycles. The van der Waals surface area contributed by atoms with E-state index in [1.165, 1.54) is 4.31 Å². The molecule has 1 aliphatic heterocycles. The van der Waals surface area contributed by atoms with E-state index < -0.39 is 21.7 Å². The molecule has 0 N–H and O–H groups in total. The Kier molecular flexibility index (Phi) is 5.01. The SMILES string of the molecule is Cc1nc(N2CCN(S(=O)(=O)c3ccc(F)c(F)c3)CC2)cc(-n2ccnc2)n1. The minimum absolute atomic E-state index is 0.199. The van der Waals surface area contributed by atoms with E-state index in [1.54, 1.807) is 30.2 Å². The lowest BCUT2D eigenvalue weighted by molar-refractivity contribution is 0.383. The topological polar surface area (TPSA) is 84.2 Å². The molecular weight excluding hydrogens is 402 g/mol. The van der Waals surface area contributed by atoms with Gasteiger partial charge >= 0.3 is 0 Å². The van der Waals surface area contributed by atoms with E-state index >= 15 is 0 Å². The smallest absolute Gasteiger partial charge is 0.243 e. The summed E-state index contributed by atoms with van der Waals surface area (Å²) in [6.07, 6.45) is 5.06. The quantitative estimate of drug-likeness (QED) is 0.640. The van der Waals surface area contributed by atoms with Gasteiger partial charge in [-0.25, -0.2) is 32.2 Å². The van der Waals surface area contributed by atoms with Crippen LogP contribution in [0.2, 0.25) is 0 Å². The van der Waals surface area contributed by atoms with Gasteiger partial charge in [0.1, 0.15) is 23.8 Å². The van der Waals surface area contributed by atoms with Gasteiger partial charge in [0.2, 0.25) is 10.0 Å². The van der Waals surface area contributed by atoms with E-state index in [-0.39, 0.29) is 18.0 Å². The molecule has 3 heterocycles. The number of anilines is 1. The second kappa shape index (κ2) is 7.48. The molecule has 0 radical (unpaired) electrons. The van der Waals surface area contributed by atoms with Crippen LogP contribution in [0.4, 0.5) is 14.6 Å². The van der Waals surface area contributed by atoms with Gasteiger partial charge in [-0.05, 0) is 25.1 Å². The fraction of sp³-hybridized carbons (Fsp3) is 0.278. The summed E-state index contributed by atoms with van der Waals surface area (Å²) in [5.41, 5.74) is 0. The number of hydrogen-bond donors (Lipinski definition) is 0. The summed E-state index contributed by atoms with van der Waals surface area (Å²) < 4.78 is 55.1. The summed E-state index contributed by atoms with van der Waals surface area (Å²) in [6.45, 7) is 2.99. The lowest BCUT2D eigenvalue weighted by Crippen LogP contribution is -2.49. The number of imidazole rings is 1. The fourth-order valence-electron chi connectivity index (χ4n) is 3.17. The highest BCUT2D eigenvalue weighted by molar-refractivity contribution is 7.89. The van der Waals surface area contributed by atoms with Crippen molar-refractivity contribution in [3.8, 4) is 5.82 Å². The van der Waals surface area contributed by atoms with Gasteiger partial charge in [-0.3, -0.25) is 4.57 Å². The number of rotatable bonds is 4. The van der Waals surface area contributed by atoms with Gasteiger partial charge in [0.15, 0.2) is 11.6 Å². The number of aromatic nitrogens is 4. The molecule has 0 unspecified atom stereocenters. The molecule has 0 aliphatic carbocycles. The van der Waals surface area contributed by atoms with Gasteiger partial charge in [0.25, 0.3) is 0 Å². The van der Waals surface area contributed by atoms with Crippen molar-refractivity contribution in [3.63, 3.8) is 0 Å². The highest BCUT2D eigenvalue weighted by atomic mass is 32.2. The maximum Gasteiger partial charge on any atom is 0.243 e. The number of piperazine rings is 1. The fourth-order valence-corrected chi connectivity index (χ4v) is 4.60. The van der Waals surface area contributed by atoms with Crippen molar-refractivity contribution in [3.05, 3.63) is 60.4 Å². The molecule has 3 aromatic rings. The normalized spacial score (nSPS) is 15.6. The Balaban J connectivity index is 1.52. The van der Waals surface area contributed by atoms with Gasteiger partial charge in [0.05, 0.1) is 4.90 Å². The number of benzene rings is 1. The molecule has 0 atom stereocenters. The first-order valence-corrected chi connectivity index (χ1v) is 10.3. The molecule has 0 bridgehead atoms. The van der Waals surface area contributed by atoms with Crippen LogP contribution in [0.1, 0.15) is 5.82 Å². The van der Waals surface area contributed by atoms with Crippen LogP contribution in [-0.4, -0.2) is 58.4 Å². The average molecular weight is 420 g/mol. The Morgan fingerprint density at radius 3 is 2.34 bits per heavy atom. The maximum absolute atomic E-state index is 13.5. The Morgan fingerprint density at radius 2 is 1.69 bits per heavy atom. The van der Waals surface area contributed by atoms with Crippen molar-refractivity contribution >= 4 is 15.8 Å². The Hall–Kier alpha value is -2.92. The Bertz CT molecular complexity index is 1130. The monoisotopic (exact) mass is 420 g/mol. The standard InChI is InChI=1S/C18H18F2N6O2S/c1-13-22-17(11-18(23-13)25-5-4-21-12-25)24-6-8-26(9-7-24)29(27,28)14-2-3-15(19)16(20)10-14/h2-5,10-12H,6-9H2,1H3. The zero-order valence-electron chi connectivity index (χ0n) is 15.5. The molecule has 152 valence electrons. The first kappa shape index (κ1) is 19.4. The summed E-state index contributed by atoms with van der Waals surface area (Å²) >= 11 is 0. The van der Waals surface area contributed by atoms with Crippen molar-refractivity contribution in [1.82, 2.24) is 23.8 Å². The van der Waals surface area contributed by atoms with E-state index in [0.29, 0.717) is 36.6 Å². The predicted octanol–water partition coefficient (Wildman–Crippen LogP) is 1.76. The third kappa shape index (κ3) is 3.83. The predicted molar refractivity (Wildman–Crippen MR) is 101 cm³/mol. The van der Waals surface area contributed by atoms with E-state index in [0.717, 1.165) is 12.1 Å². The van der Waals surface area contributed by atoms with E-state index in [4.69, 9.17) is 0 Å². The van der Waals surface area contributed by atoms with Crippen molar-refractivity contribution < 1.29 is 17.2 Å². The highest BCUT2D eigenvalue weighted by Gasteiger charge is 2.29. The molecular formula is C18H18F2N6O2S. The number of nitrogens with zero attached hydrogens (tertiary/aromatic N) is 6. The maximum atomic E-state index is 13.5. The van der Waals surface area contributed by atoms with Crippen molar-refractivity contribution in [2.45, 2.75) is 11.8 Å². The highest BCUT2D eigenvalue weighted by Crippen LogP contribution is 2.22. The molecule has 29 heavy (non-hydrogen) atoms. The van der Waals surface area contributed by atoms with Gasteiger partial charge in [-0.1, -0.05) is 0 Å². The van der Waals surface area contributed by atoms with Crippen LogP contribution in [0.3, 0.4) is 0 Å². The summed E-state index contributed by atoms with van der Waals surface area (Å²) in [7, 11) is -3.90. The van der Waals surface area contributed by atoms with Crippen LogP contribution in [-0.2, 0) is 10.0 Å². The number of sulfonamides is 1. The van der Waals surface area contributed by atoms with Crippen LogP contribution in [0.25, 0.3) is 5.82 Å². The summed E-state index contributed by atoms with van der Waals surface area (Å²) in [5, 5.41) is 0. The van der Waals surface area contributed by atoms with E-state index in [1.807, 2.05) is 11.0 Å². The molecule has 1 fully saturated rings. The average Bonchev–Trinajstić information content (AvgIpc) is 3.24. The number of hydrogen-bond acceptors (Lipinski definition) is 6. The van der Waals surface area contributed by atoms with Gasteiger partial charge in [0, 0.05) is 44.6 Å². The van der Waals surface area contributed by atoms with Gasteiger partial charge in [-0.2, -0.15) is 4.31 Å². The first-order valence-electron chi connectivity index (χ1n) is 8.89. The van der Waals surface area contributed by atoms with Gasteiger partial charge < -0.3 is 4.90 Å². The van der Waals surface area contributed by atoms with Crippen molar-refractivity contribution in [2.24, 2.45) is 0 Å². The largest absolute Gasteiger partial charge is 0.354 e. The van der Waals surface area contributed by atoms with E-state index in [9.17, 15) is 17.2 Å². The van der Waals surface area contributed by atoms with E-state index in [2.05, 4.69) is 15.0 Å². The third-order valence-electron chi connectivity index (χ3n) is 4.67. The van der Waals surface area contributed by atoms with Crippen molar-refractivity contribution in [2.75, 3.05) is 31.1 Å². The molecule has 1 saturated heterocycles. The molecule has 11 heteroatoms. The van der Waals surface area contributed by atoms with Crippen molar-refractivity contribution in [1.29, 1.82) is 0 Å². The minimum Gasteiger partial charge on any atom is -0.354 e.